The number of carbonyl (C=O) groups is 1. The van der Waals surface area contributed by atoms with Crippen LogP contribution in [0.15, 0.2) is 47.0 Å². The average molecular weight is 310 g/mol. The minimum Gasteiger partial charge on any atom is -0.339 e. The predicted octanol–water partition coefficient (Wildman–Crippen LogP) is 4.23. The van der Waals surface area contributed by atoms with Crippen molar-refractivity contribution in [1.29, 1.82) is 0 Å². The zero-order valence-electron chi connectivity index (χ0n) is 13.4. The van der Waals surface area contributed by atoms with Gasteiger partial charge in [-0.25, -0.2) is 0 Å². The third-order valence-corrected chi connectivity index (χ3v) is 4.47. The van der Waals surface area contributed by atoms with E-state index < -0.39 is 0 Å². The Morgan fingerprint density at radius 3 is 2.87 bits per heavy atom. The number of rotatable bonds is 6. The molecule has 0 bridgehead atoms. The highest BCUT2D eigenvalue weighted by molar-refractivity contribution is 5.83. The lowest BCUT2D eigenvalue weighted by Gasteiger charge is -2.14. The third-order valence-electron chi connectivity index (χ3n) is 4.47. The molecule has 0 N–H and O–H groups in total. The van der Waals surface area contributed by atoms with Gasteiger partial charge in [0.1, 0.15) is 5.78 Å². The fourth-order valence-electron chi connectivity index (χ4n) is 3.22. The quantitative estimate of drug-likeness (QED) is 0.749. The topological polar surface area (TPSA) is 56.0 Å². The van der Waals surface area contributed by atoms with Gasteiger partial charge >= 0.3 is 0 Å². The van der Waals surface area contributed by atoms with Crippen molar-refractivity contribution >= 4 is 5.78 Å². The van der Waals surface area contributed by atoms with Crippen LogP contribution in [0.25, 0.3) is 11.4 Å². The maximum absolute atomic E-state index is 12.1. The first-order chi connectivity index (χ1) is 11.3. The molecule has 0 amide bonds. The molecule has 0 spiro atoms. The summed E-state index contributed by atoms with van der Waals surface area (Å²) in [5, 5.41) is 4.06. The van der Waals surface area contributed by atoms with Gasteiger partial charge in [-0.05, 0) is 25.2 Å². The minimum absolute atomic E-state index is 0.102. The maximum atomic E-state index is 12.1. The van der Waals surface area contributed by atoms with Crippen molar-refractivity contribution in [1.82, 2.24) is 10.1 Å². The number of benzene rings is 1. The first-order valence-electron chi connectivity index (χ1n) is 8.33. The zero-order chi connectivity index (χ0) is 16.1. The summed E-state index contributed by atoms with van der Waals surface area (Å²) < 4.78 is 5.40. The molecule has 1 aromatic heterocycles. The van der Waals surface area contributed by atoms with Gasteiger partial charge in [-0.15, -0.1) is 0 Å². The predicted molar refractivity (Wildman–Crippen MR) is 88.7 cm³/mol. The Bertz CT molecular complexity index is 676. The highest BCUT2D eigenvalue weighted by Crippen LogP contribution is 2.34. The molecule has 4 nitrogen and oxygen atoms in total. The second-order valence-corrected chi connectivity index (χ2v) is 6.07. The Balaban J connectivity index is 1.68. The summed E-state index contributed by atoms with van der Waals surface area (Å²) in [7, 11) is 0. The number of ketones is 1. The molecule has 0 saturated heterocycles. The van der Waals surface area contributed by atoms with E-state index in [4.69, 9.17) is 4.52 Å². The minimum atomic E-state index is 0.102. The van der Waals surface area contributed by atoms with Gasteiger partial charge in [0.15, 0.2) is 0 Å². The van der Waals surface area contributed by atoms with Crippen molar-refractivity contribution < 1.29 is 9.32 Å². The summed E-state index contributed by atoms with van der Waals surface area (Å²) in [5.41, 5.74) is 0.951. The van der Waals surface area contributed by atoms with Crippen molar-refractivity contribution in [3.8, 4) is 11.4 Å². The van der Waals surface area contributed by atoms with Crippen LogP contribution in [0.4, 0.5) is 0 Å². The Morgan fingerprint density at radius 1 is 1.26 bits per heavy atom. The van der Waals surface area contributed by atoms with E-state index in [0.717, 1.165) is 24.8 Å². The van der Waals surface area contributed by atoms with Crippen LogP contribution in [0.5, 0.6) is 0 Å². The second kappa shape index (κ2) is 7.36. The largest absolute Gasteiger partial charge is 0.339 e. The number of carbonyl (C=O) groups excluding carboxylic acids is 1. The van der Waals surface area contributed by atoms with Gasteiger partial charge in [-0.3, -0.25) is 4.79 Å². The summed E-state index contributed by atoms with van der Waals surface area (Å²) in [6.45, 7) is 2.11. The normalized spacial score (nSPS) is 21.3. The number of hydrogen-bond donors (Lipinski definition) is 0. The summed E-state index contributed by atoms with van der Waals surface area (Å²) in [4.78, 5) is 16.6. The van der Waals surface area contributed by atoms with Gasteiger partial charge in [0.05, 0.1) is 0 Å². The molecule has 1 aromatic carbocycles. The fourth-order valence-corrected chi connectivity index (χ4v) is 3.22. The van der Waals surface area contributed by atoms with E-state index in [2.05, 4.69) is 29.2 Å². The average Bonchev–Trinajstić information content (AvgIpc) is 3.18. The molecule has 3 rings (SSSR count). The van der Waals surface area contributed by atoms with Crippen LogP contribution in [0.2, 0.25) is 0 Å². The molecule has 1 saturated carbocycles. The first kappa shape index (κ1) is 15.7. The van der Waals surface area contributed by atoms with Crippen molar-refractivity contribution in [3.05, 3.63) is 48.4 Å². The van der Waals surface area contributed by atoms with Crippen LogP contribution < -0.4 is 0 Å². The summed E-state index contributed by atoms with van der Waals surface area (Å²) in [6.07, 6.45) is 8.39. The van der Waals surface area contributed by atoms with Crippen LogP contribution in [-0.4, -0.2) is 15.9 Å². The molecule has 0 radical (unpaired) electrons. The van der Waals surface area contributed by atoms with Crippen LogP contribution in [-0.2, 0) is 11.2 Å². The van der Waals surface area contributed by atoms with Crippen LogP contribution >= 0.6 is 0 Å². The second-order valence-electron chi connectivity index (χ2n) is 6.07. The zero-order valence-corrected chi connectivity index (χ0v) is 13.4. The van der Waals surface area contributed by atoms with Crippen LogP contribution in [0.3, 0.4) is 0 Å². The number of hydrogen-bond acceptors (Lipinski definition) is 4. The molecule has 4 heteroatoms. The lowest BCUT2D eigenvalue weighted by atomic mass is 9.89. The number of aromatic nitrogens is 2. The molecule has 2 unspecified atom stereocenters. The molecule has 1 heterocycles. The molecule has 1 aliphatic carbocycles. The molecular weight excluding hydrogens is 288 g/mol. The summed E-state index contributed by atoms with van der Waals surface area (Å²) in [6, 6.07) is 9.80. The van der Waals surface area contributed by atoms with E-state index in [9.17, 15) is 4.79 Å². The Kier molecular flexibility index (Phi) is 5.01. The third kappa shape index (κ3) is 3.76. The number of Topliss-reactive ketones (excluding diaryl/α,β-unsaturated/α-hetero) is 1. The van der Waals surface area contributed by atoms with Gasteiger partial charge in [0.25, 0.3) is 0 Å². The van der Waals surface area contributed by atoms with Gasteiger partial charge in [0.2, 0.25) is 11.7 Å². The molecule has 1 aliphatic rings. The molecular formula is C19H22N2O2. The lowest BCUT2D eigenvalue weighted by Crippen LogP contribution is -2.16. The van der Waals surface area contributed by atoms with E-state index in [1.165, 1.54) is 0 Å². The summed E-state index contributed by atoms with van der Waals surface area (Å²) >= 11 is 0. The Labute approximate surface area is 136 Å². The van der Waals surface area contributed by atoms with Gasteiger partial charge in [0, 0.05) is 24.3 Å². The van der Waals surface area contributed by atoms with Crippen molar-refractivity contribution in [2.24, 2.45) is 11.8 Å². The lowest BCUT2D eigenvalue weighted by molar-refractivity contribution is -0.121. The van der Waals surface area contributed by atoms with Crippen molar-refractivity contribution in [2.45, 2.75) is 39.0 Å². The Hall–Kier alpha value is -2.23. The van der Waals surface area contributed by atoms with E-state index in [1.807, 2.05) is 30.3 Å². The van der Waals surface area contributed by atoms with Gasteiger partial charge in [-0.1, -0.05) is 54.6 Å². The van der Waals surface area contributed by atoms with E-state index in [1.54, 1.807) is 0 Å². The monoisotopic (exact) mass is 310 g/mol. The molecule has 120 valence electrons. The Morgan fingerprint density at radius 2 is 2.09 bits per heavy atom. The summed E-state index contributed by atoms with van der Waals surface area (Å²) in [5.74, 6) is 2.04. The van der Waals surface area contributed by atoms with E-state index in [0.29, 0.717) is 36.3 Å². The van der Waals surface area contributed by atoms with Crippen molar-refractivity contribution in [2.75, 3.05) is 0 Å². The van der Waals surface area contributed by atoms with E-state index in [-0.39, 0.29) is 5.92 Å². The molecule has 2 aromatic rings. The van der Waals surface area contributed by atoms with Crippen molar-refractivity contribution in [3.63, 3.8) is 0 Å². The fraction of sp³-hybridized carbons (Fsp3) is 0.421. The number of allylic oxidation sites excluding steroid dienone is 2. The van der Waals surface area contributed by atoms with Gasteiger partial charge in [-0.2, -0.15) is 4.98 Å². The highest BCUT2D eigenvalue weighted by atomic mass is 16.5. The highest BCUT2D eigenvalue weighted by Gasteiger charge is 2.34. The van der Waals surface area contributed by atoms with Gasteiger partial charge < -0.3 is 4.52 Å². The first-order valence-corrected chi connectivity index (χ1v) is 8.33. The SMILES string of the molecule is CC/C=C/CC1C(=O)CCC1Cc1nc(-c2ccccc2)no1. The number of nitrogens with zero attached hydrogens (tertiary/aromatic N) is 2. The molecule has 2 atom stereocenters. The molecule has 1 fully saturated rings. The van der Waals surface area contributed by atoms with Crippen LogP contribution in [0, 0.1) is 11.8 Å². The van der Waals surface area contributed by atoms with Crippen LogP contribution in [0.1, 0.15) is 38.5 Å². The standard InChI is InChI=1S/C19H22N2O2/c1-2-3-5-10-16-15(11-12-17(16)22)13-18-20-19(21-23-18)14-8-6-4-7-9-14/h3-9,15-16H,2,10-13H2,1H3/b5-3+. The molecule has 0 aliphatic heterocycles. The van der Waals surface area contributed by atoms with E-state index >= 15 is 0 Å². The molecule has 23 heavy (non-hydrogen) atoms. The maximum Gasteiger partial charge on any atom is 0.227 e. The smallest absolute Gasteiger partial charge is 0.227 e.